The molecular formula is C8H4Cl4P2S. The molecule has 0 amide bonds. The molecule has 0 aliphatic carbocycles. The first-order valence-electron chi connectivity index (χ1n) is 3.86. The molecule has 0 fully saturated rings. The van der Waals surface area contributed by atoms with E-state index in [0.717, 1.165) is 20.0 Å². The van der Waals surface area contributed by atoms with E-state index in [4.69, 9.17) is 45.0 Å². The van der Waals surface area contributed by atoms with E-state index in [2.05, 4.69) is 0 Å². The molecule has 2 rings (SSSR count). The van der Waals surface area contributed by atoms with Gasteiger partial charge in [0, 0.05) is 15.4 Å². The normalized spacial score (nSPS) is 11.9. The fraction of sp³-hybridized carbons (Fsp3) is 0. The van der Waals surface area contributed by atoms with Crippen LogP contribution in [-0.4, -0.2) is 0 Å². The molecule has 7 heteroatoms. The number of fused-ring (bicyclic) bond motifs is 1. The molecule has 0 N–H and O–H groups in total. The SMILES string of the molecule is ClP(Cl)c1sc2ccccc2c1P(Cl)Cl. The van der Waals surface area contributed by atoms with Gasteiger partial charge in [-0.15, -0.1) is 11.3 Å². The third kappa shape index (κ3) is 2.55. The van der Waals surface area contributed by atoms with Gasteiger partial charge in [0.15, 0.2) is 0 Å². The number of rotatable bonds is 2. The lowest BCUT2D eigenvalue weighted by Gasteiger charge is -2.03. The summed E-state index contributed by atoms with van der Waals surface area (Å²) in [6, 6.07) is 7.95. The van der Waals surface area contributed by atoms with Crippen molar-refractivity contribution in [3.8, 4) is 0 Å². The predicted molar refractivity (Wildman–Crippen MR) is 78.3 cm³/mol. The molecule has 0 bridgehead atoms. The summed E-state index contributed by atoms with van der Waals surface area (Å²) in [4.78, 5) is 0. The summed E-state index contributed by atoms with van der Waals surface area (Å²) in [6.07, 6.45) is 0. The average molecular weight is 336 g/mol. The molecule has 1 aromatic carbocycles. The number of hydrogen-bond donors (Lipinski definition) is 0. The van der Waals surface area contributed by atoms with Gasteiger partial charge < -0.3 is 0 Å². The Bertz CT molecular complexity index is 482. The van der Waals surface area contributed by atoms with Gasteiger partial charge in [0.25, 0.3) is 0 Å². The first kappa shape index (κ1) is 12.7. The lowest BCUT2D eigenvalue weighted by Crippen LogP contribution is -2.10. The molecule has 2 aromatic rings. The van der Waals surface area contributed by atoms with Crippen molar-refractivity contribution in [2.45, 2.75) is 0 Å². The van der Waals surface area contributed by atoms with Crippen LogP contribution >= 0.6 is 69.6 Å². The van der Waals surface area contributed by atoms with Crippen molar-refractivity contribution in [2.24, 2.45) is 0 Å². The van der Waals surface area contributed by atoms with E-state index >= 15 is 0 Å². The highest BCUT2D eigenvalue weighted by atomic mass is 35.9. The van der Waals surface area contributed by atoms with Gasteiger partial charge in [-0.3, -0.25) is 0 Å². The summed E-state index contributed by atoms with van der Waals surface area (Å²) >= 11 is 25.5. The maximum atomic E-state index is 6.00. The minimum Gasteiger partial charge on any atom is -0.132 e. The molecule has 0 unspecified atom stereocenters. The first-order valence-corrected chi connectivity index (χ1v) is 11.0. The first-order chi connectivity index (χ1) is 7.11. The smallest absolute Gasteiger partial charge is 0.127 e. The summed E-state index contributed by atoms with van der Waals surface area (Å²) in [7, 11) is 0. The van der Waals surface area contributed by atoms with E-state index in [1.54, 1.807) is 11.3 Å². The van der Waals surface area contributed by atoms with Crippen LogP contribution < -0.4 is 9.92 Å². The van der Waals surface area contributed by atoms with Crippen molar-refractivity contribution >= 4 is 89.6 Å². The monoisotopic (exact) mass is 334 g/mol. The quantitative estimate of drug-likeness (QED) is 0.615. The molecule has 0 aliphatic rings. The fourth-order valence-corrected chi connectivity index (χ4v) is 7.79. The Labute approximate surface area is 113 Å². The molecule has 1 heterocycles. The standard InChI is InChI=1S/C8H4Cl4P2S/c9-13(10)7-5-3-1-2-4-6(5)15-8(7)14(11)12/h1-4H. The van der Waals surface area contributed by atoms with E-state index in [9.17, 15) is 0 Å². The summed E-state index contributed by atoms with van der Waals surface area (Å²) < 4.78 is 2.05. The second-order valence-corrected chi connectivity index (χ2v) is 11.0. The van der Waals surface area contributed by atoms with E-state index in [-0.39, 0.29) is 0 Å². The van der Waals surface area contributed by atoms with Crippen molar-refractivity contribution in [3.05, 3.63) is 24.3 Å². The van der Waals surface area contributed by atoms with Gasteiger partial charge in [0.1, 0.15) is 13.3 Å². The second-order valence-electron chi connectivity index (χ2n) is 2.72. The van der Waals surface area contributed by atoms with Crippen LogP contribution in [0.15, 0.2) is 24.3 Å². The minimum atomic E-state index is -1.21. The molecular weight excluding hydrogens is 332 g/mol. The summed E-state index contributed by atoms with van der Waals surface area (Å²) in [5, 5.41) is 1.99. The summed E-state index contributed by atoms with van der Waals surface area (Å²) in [5.74, 6) is 0. The molecule has 15 heavy (non-hydrogen) atoms. The summed E-state index contributed by atoms with van der Waals surface area (Å²) in [6.45, 7) is -2.39. The van der Waals surface area contributed by atoms with Gasteiger partial charge in [-0.2, -0.15) is 0 Å². The van der Waals surface area contributed by atoms with Crippen molar-refractivity contribution in [1.29, 1.82) is 0 Å². The van der Waals surface area contributed by atoms with Gasteiger partial charge in [-0.1, -0.05) is 63.2 Å². The van der Waals surface area contributed by atoms with Crippen LogP contribution in [0.5, 0.6) is 0 Å². The van der Waals surface area contributed by atoms with Crippen molar-refractivity contribution in [1.82, 2.24) is 0 Å². The Hall–Kier alpha value is 1.20. The number of thiophene rings is 1. The van der Waals surface area contributed by atoms with E-state index in [1.807, 2.05) is 24.3 Å². The molecule has 1 aromatic heterocycles. The van der Waals surface area contributed by atoms with E-state index in [0.29, 0.717) is 0 Å². The highest BCUT2D eigenvalue weighted by Crippen LogP contribution is 2.54. The van der Waals surface area contributed by atoms with Crippen LogP contribution in [0.25, 0.3) is 10.1 Å². The maximum Gasteiger partial charge on any atom is 0.127 e. The zero-order valence-corrected chi connectivity index (χ0v) is 12.8. The molecule has 0 nitrogen and oxygen atoms in total. The lowest BCUT2D eigenvalue weighted by atomic mass is 10.3. The number of hydrogen-bond acceptors (Lipinski definition) is 1. The third-order valence-electron chi connectivity index (χ3n) is 1.87. The molecule has 0 spiro atoms. The molecule has 0 saturated carbocycles. The highest BCUT2D eigenvalue weighted by Gasteiger charge is 2.21. The molecule has 80 valence electrons. The van der Waals surface area contributed by atoms with Crippen molar-refractivity contribution in [3.63, 3.8) is 0 Å². The molecule has 0 aliphatic heterocycles. The van der Waals surface area contributed by atoms with Crippen LogP contribution in [-0.2, 0) is 0 Å². The van der Waals surface area contributed by atoms with Crippen LogP contribution in [0.3, 0.4) is 0 Å². The molecule has 0 saturated heterocycles. The highest BCUT2D eigenvalue weighted by molar-refractivity contribution is 8.15. The van der Waals surface area contributed by atoms with Crippen molar-refractivity contribution in [2.75, 3.05) is 0 Å². The molecule has 0 atom stereocenters. The van der Waals surface area contributed by atoms with Crippen molar-refractivity contribution < 1.29 is 0 Å². The Morgan fingerprint density at radius 1 is 0.933 bits per heavy atom. The van der Waals surface area contributed by atoms with E-state index in [1.165, 1.54) is 0 Å². The number of benzene rings is 1. The summed E-state index contributed by atoms with van der Waals surface area (Å²) in [5.41, 5.74) is 0. The average Bonchev–Trinajstić information content (AvgIpc) is 2.56. The van der Waals surface area contributed by atoms with Crippen LogP contribution in [0.2, 0.25) is 0 Å². The zero-order valence-electron chi connectivity index (χ0n) is 7.12. The Balaban J connectivity index is 2.75. The zero-order chi connectivity index (χ0) is 11.0. The largest absolute Gasteiger partial charge is 0.132 e. The molecule has 0 radical (unpaired) electrons. The van der Waals surface area contributed by atoms with Gasteiger partial charge >= 0.3 is 0 Å². The third-order valence-corrected chi connectivity index (χ3v) is 7.96. The Kier molecular flexibility index (Phi) is 4.41. The lowest BCUT2D eigenvalue weighted by molar-refractivity contribution is 1.87. The Morgan fingerprint density at radius 2 is 1.60 bits per heavy atom. The van der Waals surface area contributed by atoms with Gasteiger partial charge in [0.05, 0.1) is 4.62 Å². The van der Waals surface area contributed by atoms with Crippen LogP contribution in [0, 0.1) is 0 Å². The minimum absolute atomic E-state index is 0.921. The van der Waals surface area contributed by atoms with Gasteiger partial charge in [-0.05, 0) is 6.07 Å². The van der Waals surface area contributed by atoms with Crippen LogP contribution in [0.1, 0.15) is 0 Å². The fourth-order valence-electron chi connectivity index (χ4n) is 1.30. The number of halogens is 4. The Morgan fingerprint density at radius 3 is 2.20 bits per heavy atom. The van der Waals surface area contributed by atoms with Gasteiger partial charge in [-0.25, -0.2) is 0 Å². The second kappa shape index (κ2) is 5.23. The van der Waals surface area contributed by atoms with Crippen LogP contribution in [0.4, 0.5) is 0 Å². The maximum absolute atomic E-state index is 6.00. The van der Waals surface area contributed by atoms with Gasteiger partial charge in [0.2, 0.25) is 0 Å². The topological polar surface area (TPSA) is 0 Å². The predicted octanol–water partition coefficient (Wildman–Crippen LogP) is 5.73. The van der Waals surface area contributed by atoms with E-state index < -0.39 is 13.3 Å².